The van der Waals surface area contributed by atoms with E-state index in [0.717, 1.165) is 5.56 Å². The topological polar surface area (TPSA) is 41.1 Å². The molecule has 2 amide bonds. The summed E-state index contributed by atoms with van der Waals surface area (Å²) in [5, 5.41) is 5.38. The summed E-state index contributed by atoms with van der Waals surface area (Å²) in [6.45, 7) is 1.89. The standard InChI is InChI=1S/C15H15FN2O/c1-11(12-6-3-2-4-7-12)17-15(19)18-14-9-5-8-13(16)10-14/h2-11H,1H3,(H2,17,18,19)/t11-/m1/s1. The predicted octanol–water partition coefficient (Wildman–Crippen LogP) is 3.71. The fraction of sp³-hybridized carbons (Fsp3) is 0.133. The third-order valence-electron chi connectivity index (χ3n) is 2.73. The van der Waals surface area contributed by atoms with Gasteiger partial charge in [-0.2, -0.15) is 0 Å². The van der Waals surface area contributed by atoms with Crippen LogP contribution in [0.2, 0.25) is 0 Å². The van der Waals surface area contributed by atoms with Crippen molar-refractivity contribution in [1.29, 1.82) is 0 Å². The lowest BCUT2D eigenvalue weighted by atomic mass is 10.1. The van der Waals surface area contributed by atoms with Gasteiger partial charge in [-0.15, -0.1) is 0 Å². The summed E-state index contributed by atoms with van der Waals surface area (Å²) in [6, 6.07) is 14.9. The van der Waals surface area contributed by atoms with Crippen LogP contribution in [-0.4, -0.2) is 6.03 Å². The van der Waals surface area contributed by atoms with Crippen molar-refractivity contribution in [1.82, 2.24) is 5.32 Å². The molecule has 0 aromatic heterocycles. The van der Waals surface area contributed by atoms with Crippen LogP contribution in [0.25, 0.3) is 0 Å². The molecule has 0 aliphatic heterocycles. The number of nitrogens with one attached hydrogen (secondary N) is 2. The van der Waals surface area contributed by atoms with Crippen molar-refractivity contribution in [2.75, 3.05) is 5.32 Å². The van der Waals surface area contributed by atoms with Crippen molar-refractivity contribution in [3.63, 3.8) is 0 Å². The fourth-order valence-corrected chi connectivity index (χ4v) is 1.76. The Kier molecular flexibility index (Phi) is 4.13. The van der Waals surface area contributed by atoms with E-state index in [1.165, 1.54) is 12.1 Å². The molecule has 0 bridgehead atoms. The summed E-state index contributed by atoms with van der Waals surface area (Å²) < 4.78 is 13.0. The number of hydrogen-bond donors (Lipinski definition) is 2. The molecular formula is C15H15FN2O. The van der Waals surface area contributed by atoms with E-state index in [4.69, 9.17) is 0 Å². The van der Waals surface area contributed by atoms with Crippen LogP contribution >= 0.6 is 0 Å². The van der Waals surface area contributed by atoms with Crippen LogP contribution in [0.5, 0.6) is 0 Å². The number of benzene rings is 2. The van der Waals surface area contributed by atoms with Crippen LogP contribution in [0.1, 0.15) is 18.5 Å². The molecule has 0 radical (unpaired) electrons. The maximum atomic E-state index is 13.0. The summed E-state index contributed by atoms with van der Waals surface area (Å²) >= 11 is 0. The first-order valence-corrected chi connectivity index (χ1v) is 6.03. The average Bonchev–Trinajstić information content (AvgIpc) is 2.39. The molecule has 0 spiro atoms. The second-order valence-electron chi connectivity index (χ2n) is 4.24. The number of urea groups is 1. The Morgan fingerprint density at radius 3 is 2.53 bits per heavy atom. The lowest BCUT2D eigenvalue weighted by molar-refractivity contribution is 0.249. The zero-order valence-electron chi connectivity index (χ0n) is 10.6. The molecule has 2 rings (SSSR count). The van der Waals surface area contributed by atoms with Crippen LogP contribution in [0.3, 0.4) is 0 Å². The van der Waals surface area contributed by atoms with Crippen molar-refractivity contribution in [3.8, 4) is 0 Å². The maximum Gasteiger partial charge on any atom is 0.319 e. The highest BCUT2D eigenvalue weighted by Crippen LogP contribution is 2.12. The van der Waals surface area contributed by atoms with Gasteiger partial charge in [0.2, 0.25) is 0 Å². The third kappa shape index (κ3) is 3.81. The Labute approximate surface area is 111 Å². The number of hydrogen-bond acceptors (Lipinski definition) is 1. The van der Waals surface area contributed by atoms with E-state index in [0.29, 0.717) is 5.69 Å². The zero-order chi connectivity index (χ0) is 13.7. The first kappa shape index (κ1) is 13.1. The molecule has 2 aromatic carbocycles. The molecule has 1 atom stereocenters. The largest absolute Gasteiger partial charge is 0.331 e. The van der Waals surface area contributed by atoms with Crippen molar-refractivity contribution in [2.45, 2.75) is 13.0 Å². The van der Waals surface area contributed by atoms with Gasteiger partial charge in [0.1, 0.15) is 5.82 Å². The van der Waals surface area contributed by atoms with E-state index in [-0.39, 0.29) is 17.9 Å². The molecule has 0 heterocycles. The van der Waals surface area contributed by atoms with Gasteiger partial charge in [-0.25, -0.2) is 9.18 Å². The molecule has 0 unspecified atom stereocenters. The SMILES string of the molecule is C[C@@H](NC(=O)Nc1cccc(F)c1)c1ccccc1. The summed E-state index contributed by atoms with van der Waals surface area (Å²) in [5.74, 6) is -0.381. The molecule has 19 heavy (non-hydrogen) atoms. The van der Waals surface area contributed by atoms with Gasteiger partial charge in [-0.3, -0.25) is 0 Å². The molecule has 0 aliphatic carbocycles. The predicted molar refractivity (Wildman–Crippen MR) is 73.4 cm³/mol. The minimum Gasteiger partial charge on any atom is -0.331 e. The van der Waals surface area contributed by atoms with Crippen LogP contribution < -0.4 is 10.6 Å². The monoisotopic (exact) mass is 258 g/mol. The normalized spacial score (nSPS) is 11.7. The van der Waals surface area contributed by atoms with E-state index < -0.39 is 0 Å². The van der Waals surface area contributed by atoms with Gasteiger partial charge >= 0.3 is 6.03 Å². The van der Waals surface area contributed by atoms with E-state index in [2.05, 4.69) is 10.6 Å². The summed E-state index contributed by atoms with van der Waals surface area (Å²) in [6.07, 6.45) is 0. The molecule has 0 fully saturated rings. The van der Waals surface area contributed by atoms with E-state index in [9.17, 15) is 9.18 Å². The first-order chi connectivity index (χ1) is 9.15. The van der Waals surface area contributed by atoms with Gasteiger partial charge in [0, 0.05) is 5.69 Å². The molecule has 0 saturated carbocycles. The van der Waals surface area contributed by atoms with Crippen molar-refractivity contribution < 1.29 is 9.18 Å². The smallest absolute Gasteiger partial charge is 0.319 e. The van der Waals surface area contributed by atoms with Crippen LogP contribution in [-0.2, 0) is 0 Å². The first-order valence-electron chi connectivity index (χ1n) is 6.03. The van der Waals surface area contributed by atoms with Gasteiger partial charge in [0.05, 0.1) is 6.04 Å². The Morgan fingerprint density at radius 2 is 1.84 bits per heavy atom. The van der Waals surface area contributed by atoms with Gasteiger partial charge in [-0.05, 0) is 30.7 Å². The average molecular weight is 258 g/mol. The lowest BCUT2D eigenvalue weighted by Gasteiger charge is -2.15. The van der Waals surface area contributed by atoms with Crippen molar-refractivity contribution >= 4 is 11.7 Å². The fourth-order valence-electron chi connectivity index (χ4n) is 1.76. The van der Waals surface area contributed by atoms with E-state index in [1.807, 2.05) is 37.3 Å². The number of anilines is 1. The third-order valence-corrected chi connectivity index (χ3v) is 2.73. The van der Waals surface area contributed by atoms with Crippen LogP contribution in [0, 0.1) is 5.82 Å². The van der Waals surface area contributed by atoms with Gasteiger partial charge in [-0.1, -0.05) is 36.4 Å². The van der Waals surface area contributed by atoms with Crippen molar-refractivity contribution in [2.24, 2.45) is 0 Å². The quantitative estimate of drug-likeness (QED) is 0.865. The number of carbonyl (C=O) groups excluding carboxylic acids is 1. The Bertz CT molecular complexity index is 557. The molecular weight excluding hydrogens is 243 g/mol. The highest BCUT2D eigenvalue weighted by molar-refractivity contribution is 5.89. The molecule has 2 N–H and O–H groups in total. The number of carbonyl (C=O) groups is 1. The van der Waals surface area contributed by atoms with Crippen LogP contribution in [0.4, 0.5) is 14.9 Å². The Hall–Kier alpha value is -2.36. The molecule has 2 aromatic rings. The van der Waals surface area contributed by atoms with E-state index in [1.54, 1.807) is 12.1 Å². The summed E-state index contributed by atoms with van der Waals surface area (Å²) in [7, 11) is 0. The maximum absolute atomic E-state index is 13.0. The summed E-state index contributed by atoms with van der Waals surface area (Å²) in [5.41, 5.74) is 1.44. The highest BCUT2D eigenvalue weighted by Gasteiger charge is 2.09. The van der Waals surface area contributed by atoms with Crippen molar-refractivity contribution in [3.05, 3.63) is 66.0 Å². The van der Waals surface area contributed by atoms with Crippen LogP contribution in [0.15, 0.2) is 54.6 Å². The Balaban J connectivity index is 1.95. The van der Waals surface area contributed by atoms with Gasteiger partial charge in [0.25, 0.3) is 0 Å². The van der Waals surface area contributed by atoms with E-state index >= 15 is 0 Å². The second-order valence-corrected chi connectivity index (χ2v) is 4.24. The molecule has 3 nitrogen and oxygen atoms in total. The molecule has 98 valence electrons. The Morgan fingerprint density at radius 1 is 1.11 bits per heavy atom. The minimum absolute atomic E-state index is 0.116. The van der Waals surface area contributed by atoms with Gasteiger partial charge in [0.15, 0.2) is 0 Å². The molecule has 4 heteroatoms. The number of halogens is 1. The lowest BCUT2D eigenvalue weighted by Crippen LogP contribution is -2.31. The highest BCUT2D eigenvalue weighted by atomic mass is 19.1. The molecule has 0 saturated heterocycles. The van der Waals surface area contributed by atoms with Gasteiger partial charge < -0.3 is 10.6 Å². The number of rotatable bonds is 3. The zero-order valence-corrected chi connectivity index (χ0v) is 10.6. The minimum atomic E-state index is -0.381. The number of amides is 2. The molecule has 0 aliphatic rings. The summed E-state index contributed by atoms with van der Waals surface area (Å²) in [4.78, 5) is 11.8. The second kappa shape index (κ2) is 6.00.